The molecule has 2 atom stereocenters. The first-order valence-corrected chi connectivity index (χ1v) is 7.70. The van der Waals surface area contributed by atoms with Crippen LogP contribution in [0.3, 0.4) is 0 Å². The summed E-state index contributed by atoms with van der Waals surface area (Å²) >= 11 is 0. The summed E-state index contributed by atoms with van der Waals surface area (Å²) in [5.41, 5.74) is 0.775. The zero-order valence-corrected chi connectivity index (χ0v) is 13.3. The SMILES string of the molecule is CC(C)(C)C1CCCN1C1CCN(C(C)(C)C)C1. The Morgan fingerprint density at radius 1 is 0.889 bits per heavy atom. The van der Waals surface area contributed by atoms with E-state index in [1.807, 2.05) is 0 Å². The molecule has 0 bridgehead atoms. The summed E-state index contributed by atoms with van der Waals surface area (Å²) in [4.78, 5) is 5.49. The van der Waals surface area contributed by atoms with Crippen molar-refractivity contribution in [2.45, 2.75) is 78.4 Å². The number of nitrogens with zero attached hydrogens (tertiary/aromatic N) is 2. The molecule has 0 amide bonds. The van der Waals surface area contributed by atoms with Gasteiger partial charge in [-0.25, -0.2) is 0 Å². The molecular weight excluding hydrogens is 220 g/mol. The van der Waals surface area contributed by atoms with E-state index in [-0.39, 0.29) is 0 Å². The van der Waals surface area contributed by atoms with Gasteiger partial charge in [0.1, 0.15) is 0 Å². The van der Waals surface area contributed by atoms with Crippen molar-refractivity contribution in [3.63, 3.8) is 0 Å². The summed E-state index contributed by atoms with van der Waals surface area (Å²) < 4.78 is 0. The summed E-state index contributed by atoms with van der Waals surface area (Å²) in [6, 6.07) is 1.60. The summed E-state index contributed by atoms with van der Waals surface area (Å²) in [6.07, 6.45) is 4.16. The molecule has 2 rings (SSSR count). The minimum atomic E-state index is 0.339. The van der Waals surface area contributed by atoms with E-state index in [0.29, 0.717) is 11.0 Å². The molecular formula is C16H32N2. The number of rotatable bonds is 1. The Balaban J connectivity index is 2.01. The molecule has 106 valence electrons. The molecule has 0 aromatic rings. The van der Waals surface area contributed by atoms with Gasteiger partial charge in [0.15, 0.2) is 0 Å². The smallest absolute Gasteiger partial charge is 0.0238 e. The van der Waals surface area contributed by atoms with Gasteiger partial charge < -0.3 is 0 Å². The zero-order chi connectivity index (χ0) is 13.6. The quantitative estimate of drug-likeness (QED) is 0.706. The Morgan fingerprint density at radius 3 is 2.06 bits per heavy atom. The van der Waals surface area contributed by atoms with Crippen LogP contribution in [0.2, 0.25) is 0 Å². The molecule has 2 unspecified atom stereocenters. The van der Waals surface area contributed by atoms with Crippen LogP contribution >= 0.6 is 0 Å². The molecule has 0 N–H and O–H groups in total. The average molecular weight is 252 g/mol. The van der Waals surface area contributed by atoms with E-state index in [1.54, 1.807) is 0 Å². The first-order valence-electron chi connectivity index (χ1n) is 7.70. The highest BCUT2D eigenvalue weighted by atomic mass is 15.3. The van der Waals surface area contributed by atoms with Crippen molar-refractivity contribution in [3.05, 3.63) is 0 Å². The standard InChI is InChI=1S/C16H32N2/c1-15(2,3)14-8-7-10-18(14)13-9-11-17(12-13)16(4,5)6/h13-14H,7-12H2,1-6H3. The van der Waals surface area contributed by atoms with Gasteiger partial charge in [-0.1, -0.05) is 20.8 Å². The minimum Gasteiger partial charge on any atom is -0.297 e. The molecule has 0 aromatic carbocycles. The lowest BCUT2D eigenvalue weighted by atomic mass is 9.84. The van der Waals surface area contributed by atoms with Crippen LogP contribution < -0.4 is 0 Å². The molecule has 18 heavy (non-hydrogen) atoms. The molecule has 0 aromatic heterocycles. The van der Waals surface area contributed by atoms with Gasteiger partial charge in [-0.15, -0.1) is 0 Å². The maximum absolute atomic E-state index is 2.83. The van der Waals surface area contributed by atoms with Crippen LogP contribution in [-0.2, 0) is 0 Å². The van der Waals surface area contributed by atoms with E-state index in [2.05, 4.69) is 51.3 Å². The van der Waals surface area contributed by atoms with Crippen LogP contribution in [0.25, 0.3) is 0 Å². The van der Waals surface area contributed by atoms with E-state index in [0.717, 1.165) is 12.1 Å². The van der Waals surface area contributed by atoms with Crippen molar-refractivity contribution in [3.8, 4) is 0 Å². The predicted octanol–water partition coefficient (Wildman–Crippen LogP) is 3.37. The largest absolute Gasteiger partial charge is 0.297 e. The van der Waals surface area contributed by atoms with Crippen molar-refractivity contribution < 1.29 is 0 Å². The minimum absolute atomic E-state index is 0.339. The van der Waals surface area contributed by atoms with Gasteiger partial charge in [-0.3, -0.25) is 9.80 Å². The predicted molar refractivity (Wildman–Crippen MR) is 78.9 cm³/mol. The Bertz CT molecular complexity index is 284. The third kappa shape index (κ3) is 2.91. The fourth-order valence-electron chi connectivity index (χ4n) is 3.78. The summed E-state index contributed by atoms with van der Waals surface area (Å²) in [5.74, 6) is 0. The summed E-state index contributed by atoms with van der Waals surface area (Å²) in [6.45, 7) is 18.1. The molecule has 0 radical (unpaired) electrons. The average Bonchev–Trinajstić information content (AvgIpc) is 2.84. The fourth-order valence-corrected chi connectivity index (χ4v) is 3.78. The fraction of sp³-hybridized carbons (Fsp3) is 1.00. The number of likely N-dealkylation sites (tertiary alicyclic amines) is 2. The van der Waals surface area contributed by atoms with Gasteiger partial charge in [0.05, 0.1) is 0 Å². The second-order valence-electron chi connectivity index (χ2n) is 8.32. The van der Waals surface area contributed by atoms with Gasteiger partial charge in [0.25, 0.3) is 0 Å². The van der Waals surface area contributed by atoms with E-state index in [1.165, 1.54) is 38.9 Å². The highest BCUT2D eigenvalue weighted by Gasteiger charge is 2.41. The lowest BCUT2D eigenvalue weighted by Gasteiger charge is -2.39. The van der Waals surface area contributed by atoms with E-state index >= 15 is 0 Å². The summed E-state index contributed by atoms with van der Waals surface area (Å²) in [7, 11) is 0. The first-order chi connectivity index (χ1) is 8.19. The second kappa shape index (κ2) is 4.79. The molecule has 2 heteroatoms. The Kier molecular flexibility index (Phi) is 3.81. The molecule has 0 aliphatic carbocycles. The zero-order valence-electron chi connectivity index (χ0n) is 13.3. The van der Waals surface area contributed by atoms with Gasteiger partial charge in [-0.2, -0.15) is 0 Å². The molecule has 0 saturated carbocycles. The van der Waals surface area contributed by atoms with Crippen LogP contribution in [0.5, 0.6) is 0 Å². The maximum Gasteiger partial charge on any atom is 0.0238 e. The van der Waals surface area contributed by atoms with Crippen LogP contribution in [-0.4, -0.2) is 47.1 Å². The third-order valence-electron chi connectivity index (χ3n) is 4.87. The Hall–Kier alpha value is -0.0800. The van der Waals surface area contributed by atoms with Crippen molar-refractivity contribution in [1.29, 1.82) is 0 Å². The van der Waals surface area contributed by atoms with Crippen molar-refractivity contribution in [2.24, 2.45) is 5.41 Å². The van der Waals surface area contributed by atoms with Crippen molar-refractivity contribution in [2.75, 3.05) is 19.6 Å². The van der Waals surface area contributed by atoms with Crippen molar-refractivity contribution >= 4 is 0 Å². The lowest BCUT2D eigenvalue weighted by molar-refractivity contribution is 0.0881. The molecule has 2 heterocycles. The highest BCUT2D eigenvalue weighted by molar-refractivity contribution is 4.96. The first kappa shape index (κ1) is 14.3. The van der Waals surface area contributed by atoms with E-state index < -0.39 is 0 Å². The number of hydrogen-bond acceptors (Lipinski definition) is 2. The van der Waals surface area contributed by atoms with Crippen LogP contribution in [0.4, 0.5) is 0 Å². The molecule has 2 aliphatic rings. The lowest BCUT2D eigenvalue weighted by Crippen LogP contribution is -2.48. The highest BCUT2D eigenvalue weighted by Crippen LogP contribution is 2.36. The third-order valence-corrected chi connectivity index (χ3v) is 4.87. The Morgan fingerprint density at radius 2 is 1.56 bits per heavy atom. The monoisotopic (exact) mass is 252 g/mol. The summed E-state index contributed by atoms with van der Waals surface area (Å²) in [5, 5.41) is 0. The van der Waals surface area contributed by atoms with Crippen LogP contribution in [0.1, 0.15) is 60.8 Å². The van der Waals surface area contributed by atoms with Crippen molar-refractivity contribution in [1.82, 2.24) is 9.80 Å². The normalized spacial score (nSPS) is 32.3. The van der Waals surface area contributed by atoms with Gasteiger partial charge in [0.2, 0.25) is 0 Å². The van der Waals surface area contributed by atoms with Gasteiger partial charge in [-0.05, 0) is 52.0 Å². The molecule has 2 saturated heterocycles. The van der Waals surface area contributed by atoms with E-state index in [9.17, 15) is 0 Å². The molecule has 2 fully saturated rings. The van der Waals surface area contributed by atoms with Gasteiger partial charge >= 0.3 is 0 Å². The van der Waals surface area contributed by atoms with Crippen LogP contribution in [0, 0.1) is 5.41 Å². The molecule has 2 nitrogen and oxygen atoms in total. The Labute approximate surface area is 114 Å². The molecule has 2 aliphatic heterocycles. The second-order valence-corrected chi connectivity index (χ2v) is 8.32. The molecule has 0 spiro atoms. The van der Waals surface area contributed by atoms with Gasteiger partial charge in [0, 0.05) is 30.7 Å². The van der Waals surface area contributed by atoms with E-state index in [4.69, 9.17) is 0 Å². The van der Waals surface area contributed by atoms with Crippen LogP contribution in [0.15, 0.2) is 0 Å². The number of hydrogen-bond donors (Lipinski definition) is 0. The topological polar surface area (TPSA) is 6.48 Å². The maximum atomic E-state index is 2.83.